The first-order valence-electron chi connectivity index (χ1n) is 9.58. The van der Waals surface area contributed by atoms with Crippen molar-refractivity contribution in [3.05, 3.63) is 59.9 Å². The Morgan fingerprint density at radius 2 is 1.76 bits per heavy atom. The molecule has 2 aromatic carbocycles. The number of rotatable bonds is 5. The third kappa shape index (κ3) is 4.45. The third-order valence-corrected chi connectivity index (χ3v) is 4.92. The number of aliphatic hydroxyl groups is 3. The predicted molar refractivity (Wildman–Crippen MR) is 105 cm³/mol. The van der Waals surface area contributed by atoms with Gasteiger partial charge in [0.15, 0.2) is 6.10 Å². The number of carboxylic acids is 1. The molecule has 172 valence electrons. The minimum Gasteiger partial charge on any atom is -0.479 e. The van der Waals surface area contributed by atoms with Crippen molar-refractivity contribution in [2.45, 2.75) is 30.7 Å². The molecule has 1 aliphatic rings. The van der Waals surface area contributed by atoms with Gasteiger partial charge in [0.2, 0.25) is 12.1 Å². The fourth-order valence-electron chi connectivity index (χ4n) is 3.19. The molecule has 33 heavy (non-hydrogen) atoms. The lowest BCUT2D eigenvalue weighted by Gasteiger charge is -2.37. The number of benzene rings is 2. The standard InChI is InChI=1S/C21H17FN2O9/c22-12-7-2-1-6-11(12)18-23-17(24-33-18)9-4-3-5-10(8-9)20(30)32-21-15(27)13(25)14(26)16(31-21)19(28)29/h1-8,13-16,21,25-27H,(H,28,29)/t13-,14-,15+,16-,21-/m0/s1. The summed E-state index contributed by atoms with van der Waals surface area (Å²) >= 11 is 0. The molecular formula is C21H17FN2O9. The summed E-state index contributed by atoms with van der Waals surface area (Å²) in [5, 5.41) is 42.4. The molecule has 12 heteroatoms. The quantitative estimate of drug-likeness (QED) is 0.393. The Balaban J connectivity index is 1.53. The summed E-state index contributed by atoms with van der Waals surface area (Å²) in [5.41, 5.74) is 0.372. The maximum atomic E-state index is 13.9. The summed E-state index contributed by atoms with van der Waals surface area (Å²) in [6.45, 7) is 0. The van der Waals surface area contributed by atoms with Crippen LogP contribution in [0.2, 0.25) is 0 Å². The number of ether oxygens (including phenoxy) is 2. The average molecular weight is 460 g/mol. The number of aromatic nitrogens is 2. The van der Waals surface area contributed by atoms with Gasteiger partial charge in [0, 0.05) is 5.56 Å². The zero-order valence-corrected chi connectivity index (χ0v) is 16.6. The molecule has 1 aliphatic heterocycles. The first kappa shape index (κ1) is 22.5. The maximum absolute atomic E-state index is 13.9. The van der Waals surface area contributed by atoms with Crippen LogP contribution >= 0.6 is 0 Å². The van der Waals surface area contributed by atoms with Crippen LogP contribution in [0, 0.1) is 5.82 Å². The molecule has 1 fully saturated rings. The SMILES string of the molecule is O=C(O[C@@H]1O[C@H](C(=O)O)[C@@H](O)[C@H](O)[C@H]1O)c1cccc(-c2noc(-c3ccccc3F)n2)c1. The second-order valence-corrected chi connectivity index (χ2v) is 7.12. The summed E-state index contributed by atoms with van der Waals surface area (Å²) in [7, 11) is 0. The lowest BCUT2D eigenvalue weighted by molar-refractivity contribution is -0.278. The van der Waals surface area contributed by atoms with Crippen LogP contribution in [-0.2, 0) is 14.3 Å². The molecule has 0 bridgehead atoms. The Bertz CT molecular complexity index is 1180. The molecule has 11 nitrogen and oxygen atoms in total. The summed E-state index contributed by atoms with van der Waals surface area (Å²) < 4.78 is 29.0. The van der Waals surface area contributed by atoms with Crippen molar-refractivity contribution in [1.29, 1.82) is 0 Å². The summed E-state index contributed by atoms with van der Waals surface area (Å²) in [4.78, 5) is 27.9. The van der Waals surface area contributed by atoms with Crippen molar-refractivity contribution < 1.29 is 48.4 Å². The number of halogens is 1. The van der Waals surface area contributed by atoms with Crippen molar-refractivity contribution >= 4 is 11.9 Å². The van der Waals surface area contributed by atoms with Crippen molar-refractivity contribution in [1.82, 2.24) is 10.1 Å². The molecule has 3 aromatic rings. The predicted octanol–water partition coefficient (Wildman–Crippen LogP) is 0.592. The number of carbonyl (C=O) groups excluding carboxylic acids is 1. The molecule has 5 atom stereocenters. The van der Waals surface area contributed by atoms with Crippen LogP contribution in [0.3, 0.4) is 0 Å². The van der Waals surface area contributed by atoms with Crippen LogP contribution < -0.4 is 0 Å². The lowest BCUT2D eigenvalue weighted by Crippen LogP contribution is -2.60. The highest BCUT2D eigenvalue weighted by molar-refractivity contribution is 5.91. The number of aliphatic carboxylic acids is 1. The molecule has 0 radical (unpaired) electrons. The smallest absolute Gasteiger partial charge is 0.340 e. The van der Waals surface area contributed by atoms with Gasteiger partial charge in [-0.2, -0.15) is 4.98 Å². The van der Waals surface area contributed by atoms with E-state index < -0.39 is 48.5 Å². The summed E-state index contributed by atoms with van der Waals surface area (Å²) in [5.74, 6) is -3.20. The first-order chi connectivity index (χ1) is 15.8. The van der Waals surface area contributed by atoms with Crippen molar-refractivity contribution in [2.24, 2.45) is 0 Å². The highest BCUT2D eigenvalue weighted by Crippen LogP contribution is 2.26. The van der Waals surface area contributed by atoms with Gasteiger partial charge >= 0.3 is 11.9 Å². The monoisotopic (exact) mass is 460 g/mol. The van der Waals surface area contributed by atoms with E-state index in [1.807, 2.05) is 0 Å². The molecule has 1 aromatic heterocycles. The van der Waals surface area contributed by atoms with E-state index in [0.717, 1.165) is 0 Å². The minimum absolute atomic E-state index is 0.0481. The Hall–Kier alpha value is -3.71. The molecule has 0 aliphatic carbocycles. The number of nitrogens with zero attached hydrogens (tertiary/aromatic N) is 2. The number of aliphatic hydroxyl groups excluding tert-OH is 3. The highest BCUT2D eigenvalue weighted by atomic mass is 19.1. The van der Waals surface area contributed by atoms with E-state index >= 15 is 0 Å². The van der Waals surface area contributed by atoms with Gasteiger partial charge in [-0.1, -0.05) is 29.4 Å². The van der Waals surface area contributed by atoms with Crippen LogP contribution in [0.25, 0.3) is 22.8 Å². The van der Waals surface area contributed by atoms with E-state index in [1.165, 1.54) is 36.4 Å². The van der Waals surface area contributed by atoms with Gasteiger partial charge in [0.25, 0.3) is 5.89 Å². The van der Waals surface area contributed by atoms with E-state index in [1.54, 1.807) is 12.1 Å². The number of carboxylic acid groups (broad SMARTS) is 1. The molecule has 0 unspecified atom stereocenters. The molecule has 0 spiro atoms. The van der Waals surface area contributed by atoms with Crippen LogP contribution in [0.1, 0.15) is 10.4 Å². The van der Waals surface area contributed by atoms with E-state index in [-0.39, 0.29) is 22.8 Å². The van der Waals surface area contributed by atoms with Gasteiger partial charge in [0.05, 0.1) is 11.1 Å². The number of hydrogen-bond donors (Lipinski definition) is 4. The Kier molecular flexibility index (Phi) is 6.16. The molecular weight excluding hydrogens is 443 g/mol. The average Bonchev–Trinajstić information content (AvgIpc) is 3.29. The summed E-state index contributed by atoms with van der Waals surface area (Å²) in [6.07, 6.45) is -9.48. The Labute approximate surface area is 184 Å². The van der Waals surface area contributed by atoms with Crippen molar-refractivity contribution in [2.75, 3.05) is 0 Å². The molecule has 0 amide bonds. The fourth-order valence-corrected chi connectivity index (χ4v) is 3.19. The Morgan fingerprint density at radius 1 is 1.00 bits per heavy atom. The zero-order valence-electron chi connectivity index (χ0n) is 16.6. The van der Waals surface area contributed by atoms with E-state index in [2.05, 4.69) is 10.1 Å². The fraction of sp³-hybridized carbons (Fsp3) is 0.238. The van der Waals surface area contributed by atoms with Gasteiger partial charge in [-0.05, 0) is 24.3 Å². The third-order valence-electron chi connectivity index (χ3n) is 4.92. The number of carbonyl (C=O) groups is 2. The van der Waals surface area contributed by atoms with Gasteiger partial charge in [-0.25, -0.2) is 14.0 Å². The largest absolute Gasteiger partial charge is 0.479 e. The molecule has 4 rings (SSSR count). The summed E-state index contributed by atoms with van der Waals surface area (Å²) in [6, 6.07) is 11.5. The van der Waals surface area contributed by atoms with Gasteiger partial charge in [-0.15, -0.1) is 0 Å². The minimum atomic E-state index is -1.92. The first-order valence-corrected chi connectivity index (χ1v) is 9.58. The van der Waals surface area contributed by atoms with Gasteiger partial charge < -0.3 is 34.4 Å². The normalized spacial score (nSPS) is 24.9. The van der Waals surface area contributed by atoms with Crippen LogP contribution in [-0.4, -0.2) is 73.2 Å². The van der Waals surface area contributed by atoms with Crippen LogP contribution in [0.5, 0.6) is 0 Å². The van der Waals surface area contributed by atoms with Gasteiger partial charge in [-0.3, -0.25) is 0 Å². The second-order valence-electron chi connectivity index (χ2n) is 7.12. The molecule has 0 saturated carbocycles. The topological polar surface area (TPSA) is 172 Å². The zero-order chi connectivity index (χ0) is 23.7. The lowest BCUT2D eigenvalue weighted by atomic mass is 9.99. The molecule has 1 saturated heterocycles. The van der Waals surface area contributed by atoms with Gasteiger partial charge in [0.1, 0.15) is 24.1 Å². The van der Waals surface area contributed by atoms with Crippen LogP contribution in [0.15, 0.2) is 53.1 Å². The van der Waals surface area contributed by atoms with Crippen LogP contribution in [0.4, 0.5) is 4.39 Å². The van der Waals surface area contributed by atoms with Crippen molar-refractivity contribution in [3.8, 4) is 22.8 Å². The maximum Gasteiger partial charge on any atom is 0.340 e. The molecule has 2 heterocycles. The van der Waals surface area contributed by atoms with E-state index in [4.69, 9.17) is 19.1 Å². The molecule has 4 N–H and O–H groups in total. The van der Waals surface area contributed by atoms with E-state index in [9.17, 15) is 29.3 Å². The Morgan fingerprint density at radius 3 is 2.48 bits per heavy atom. The van der Waals surface area contributed by atoms with E-state index in [0.29, 0.717) is 5.56 Å². The van der Waals surface area contributed by atoms with Crippen molar-refractivity contribution in [3.63, 3.8) is 0 Å². The number of esters is 1. The number of hydrogen-bond acceptors (Lipinski definition) is 10. The second kappa shape index (κ2) is 9.03. The highest BCUT2D eigenvalue weighted by Gasteiger charge is 2.48.